The van der Waals surface area contributed by atoms with Crippen molar-refractivity contribution in [1.29, 1.82) is 0 Å². The van der Waals surface area contributed by atoms with Gasteiger partial charge in [0.05, 0.1) is 16.8 Å². The number of aromatic nitrogens is 2. The van der Waals surface area contributed by atoms with Gasteiger partial charge >= 0.3 is 0 Å². The van der Waals surface area contributed by atoms with Crippen LogP contribution in [-0.4, -0.2) is 50.8 Å². The van der Waals surface area contributed by atoms with Crippen LogP contribution in [-0.2, 0) is 0 Å². The van der Waals surface area contributed by atoms with Crippen LogP contribution in [0.2, 0.25) is 5.02 Å². The Hall–Kier alpha value is -0.850. The second kappa shape index (κ2) is 5.03. The van der Waals surface area contributed by atoms with E-state index >= 15 is 0 Å². The first-order chi connectivity index (χ1) is 8.43. The van der Waals surface area contributed by atoms with Gasteiger partial charge in [-0.2, -0.15) is 0 Å². The summed E-state index contributed by atoms with van der Waals surface area (Å²) in [5, 5.41) is 10.6. The van der Waals surface area contributed by atoms with Gasteiger partial charge in [-0.3, -0.25) is 4.79 Å². The first-order valence-corrected chi connectivity index (χ1v) is 7.11. The fourth-order valence-corrected chi connectivity index (χ4v) is 2.38. The van der Waals surface area contributed by atoms with E-state index in [1.54, 1.807) is 11.8 Å². The molecule has 5 nitrogen and oxygen atoms in total. The molecule has 0 spiro atoms. The first-order valence-electron chi connectivity index (χ1n) is 5.51. The molecule has 1 aliphatic rings. The molecule has 2 heterocycles. The Morgan fingerprint density at radius 3 is 2.94 bits per heavy atom. The van der Waals surface area contributed by atoms with Crippen molar-refractivity contribution in [2.45, 2.75) is 24.1 Å². The van der Waals surface area contributed by atoms with Gasteiger partial charge in [-0.1, -0.05) is 23.4 Å². The minimum absolute atomic E-state index is 0.203. The number of likely N-dealkylation sites (tertiary alicyclic amines) is 1. The molecule has 0 aliphatic carbocycles. The van der Waals surface area contributed by atoms with Gasteiger partial charge in [-0.15, -0.1) is 0 Å². The summed E-state index contributed by atoms with van der Waals surface area (Å²) in [7, 11) is 0. The summed E-state index contributed by atoms with van der Waals surface area (Å²) in [5.41, 5.74) is -0.619. The predicted octanol–water partition coefficient (Wildman–Crippen LogP) is 1.45. The van der Waals surface area contributed by atoms with Crippen LogP contribution in [0.5, 0.6) is 0 Å². The molecule has 1 N–H and O–H groups in total. The zero-order valence-corrected chi connectivity index (χ0v) is 11.8. The molecular formula is C11H14ClN3O2S. The Morgan fingerprint density at radius 2 is 2.39 bits per heavy atom. The summed E-state index contributed by atoms with van der Waals surface area (Å²) in [6.45, 7) is 2.54. The van der Waals surface area contributed by atoms with Crippen LogP contribution in [0.25, 0.3) is 0 Å². The molecule has 0 saturated carbocycles. The molecule has 1 saturated heterocycles. The summed E-state index contributed by atoms with van der Waals surface area (Å²) < 4.78 is 0. The van der Waals surface area contributed by atoms with Crippen molar-refractivity contribution in [1.82, 2.24) is 14.9 Å². The highest BCUT2D eigenvalue weighted by molar-refractivity contribution is 7.98. The standard InChI is InChI=1S/C11H14ClN3O2S/c1-11(17)3-4-15(6-11)9(16)8-7(12)5-13-10(14-8)18-2/h5,17H,3-4,6H2,1-2H3. The maximum Gasteiger partial charge on any atom is 0.274 e. The molecule has 1 atom stereocenters. The van der Waals surface area contributed by atoms with Gasteiger partial charge in [0, 0.05) is 13.1 Å². The average Bonchev–Trinajstić information content (AvgIpc) is 2.69. The molecule has 2 rings (SSSR count). The summed E-state index contributed by atoms with van der Waals surface area (Å²) in [5.74, 6) is -0.254. The Balaban J connectivity index is 2.24. The second-order valence-corrected chi connectivity index (χ2v) is 5.71. The number of thioether (sulfide) groups is 1. The van der Waals surface area contributed by atoms with Crippen LogP contribution in [0, 0.1) is 0 Å². The number of hydrogen-bond donors (Lipinski definition) is 1. The number of amides is 1. The van der Waals surface area contributed by atoms with Crippen molar-refractivity contribution in [3.8, 4) is 0 Å². The van der Waals surface area contributed by atoms with Crippen molar-refractivity contribution in [2.24, 2.45) is 0 Å². The Morgan fingerprint density at radius 1 is 1.67 bits per heavy atom. The van der Waals surface area contributed by atoms with Crippen molar-refractivity contribution in [3.05, 3.63) is 16.9 Å². The van der Waals surface area contributed by atoms with Gasteiger partial charge in [-0.25, -0.2) is 9.97 Å². The molecule has 1 aromatic heterocycles. The van der Waals surface area contributed by atoms with Crippen LogP contribution in [0.4, 0.5) is 0 Å². The summed E-state index contributed by atoms with van der Waals surface area (Å²) >= 11 is 7.30. The maximum absolute atomic E-state index is 12.3. The van der Waals surface area contributed by atoms with E-state index in [9.17, 15) is 9.90 Å². The third kappa shape index (κ3) is 2.76. The lowest BCUT2D eigenvalue weighted by molar-refractivity contribution is 0.0568. The molecule has 1 amide bonds. The Labute approximate surface area is 115 Å². The number of halogens is 1. The van der Waals surface area contributed by atoms with Gasteiger partial charge in [0.25, 0.3) is 5.91 Å². The number of nitrogens with zero attached hydrogens (tertiary/aromatic N) is 3. The van der Waals surface area contributed by atoms with Crippen LogP contribution < -0.4 is 0 Å². The number of carbonyl (C=O) groups is 1. The highest BCUT2D eigenvalue weighted by Gasteiger charge is 2.35. The molecule has 7 heteroatoms. The van der Waals surface area contributed by atoms with E-state index in [4.69, 9.17) is 11.6 Å². The zero-order valence-electron chi connectivity index (χ0n) is 10.2. The van der Waals surface area contributed by atoms with Crippen LogP contribution >= 0.6 is 23.4 Å². The van der Waals surface area contributed by atoms with E-state index in [0.29, 0.717) is 24.7 Å². The highest BCUT2D eigenvalue weighted by Crippen LogP contribution is 2.24. The number of hydrogen-bond acceptors (Lipinski definition) is 5. The maximum atomic E-state index is 12.3. The van der Waals surface area contributed by atoms with E-state index in [-0.39, 0.29) is 16.6 Å². The van der Waals surface area contributed by atoms with Gasteiger partial charge < -0.3 is 10.0 Å². The van der Waals surface area contributed by atoms with Crippen molar-refractivity contribution in [3.63, 3.8) is 0 Å². The molecule has 0 radical (unpaired) electrons. The normalized spacial score (nSPS) is 23.4. The zero-order chi connectivity index (χ0) is 13.3. The second-order valence-electron chi connectivity index (χ2n) is 4.53. The molecule has 98 valence electrons. The fourth-order valence-electron chi connectivity index (χ4n) is 1.87. The summed E-state index contributed by atoms with van der Waals surface area (Å²) in [6.07, 6.45) is 3.83. The van der Waals surface area contributed by atoms with Gasteiger partial charge in [0.2, 0.25) is 0 Å². The number of rotatable bonds is 2. The van der Waals surface area contributed by atoms with Crippen LogP contribution in [0.15, 0.2) is 11.4 Å². The largest absolute Gasteiger partial charge is 0.388 e. The van der Waals surface area contributed by atoms with Gasteiger partial charge in [0.1, 0.15) is 0 Å². The lowest BCUT2D eigenvalue weighted by atomic mass is 10.1. The Bertz CT molecular complexity index is 481. The minimum Gasteiger partial charge on any atom is -0.388 e. The quantitative estimate of drug-likeness (QED) is 0.659. The van der Waals surface area contributed by atoms with Crippen LogP contribution in [0.3, 0.4) is 0 Å². The SMILES string of the molecule is CSc1ncc(Cl)c(C(=O)N2CCC(C)(O)C2)n1. The number of carbonyl (C=O) groups excluding carboxylic acids is 1. The predicted molar refractivity (Wildman–Crippen MR) is 70.0 cm³/mol. The lowest BCUT2D eigenvalue weighted by Crippen LogP contribution is -2.34. The molecule has 0 aromatic carbocycles. The third-order valence-electron chi connectivity index (χ3n) is 2.85. The van der Waals surface area contributed by atoms with Crippen molar-refractivity contribution < 1.29 is 9.90 Å². The first kappa shape index (κ1) is 13.6. The fraction of sp³-hybridized carbons (Fsp3) is 0.545. The van der Waals surface area contributed by atoms with Gasteiger partial charge in [-0.05, 0) is 19.6 Å². The van der Waals surface area contributed by atoms with Crippen LogP contribution in [0.1, 0.15) is 23.8 Å². The van der Waals surface area contributed by atoms with E-state index in [0.717, 1.165) is 0 Å². The number of aliphatic hydroxyl groups is 1. The third-order valence-corrected chi connectivity index (χ3v) is 3.68. The topological polar surface area (TPSA) is 66.3 Å². The molecule has 1 aromatic rings. The molecule has 1 aliphatic heterocycles. The van der Waals surface area contributed by atoms with Crippen molar-refractivity contribution in [2.75, 3.05) is 19.3 Å². The van der Waals surface area contributed by atoms with E-state index in [1.165, 1.54) is 18.0 Å². The number of β-amino-alcohol motifs (C(OH)–C–C–N with tert-alkyl or cyclic N) is 1. The molecular weight excluding hydrogens is 274 g/mol. The molecule has 1 unspecified atom stereocenters. The molecule has 0 bridgehead atoms. The van der Waals surface area contributed by atoms with Gasteiger partial charge in [0.15, 0.2) is 10.9 Å². The minimum atomic E-state index is -0.822. The Kier molecular flexibility index (Phi) is 3.79. The summed E-state index contributed by atoms with van der Waals surface area (Å²) in [4.78, 5) is 21.9. The monoisotopic (exact) mass is 287 g/mol. The lowest BCUT2D eigenvalue weighted by Gasteiger charge is -2.19. The average molecular weight is 288 g/mol. The smallest absolute Gasteiger partial charge is 0.274 e. The molecule has 1 fully saturated rings. The van der Waals surface area contributed by atoms with Crippen molar-refractivity contribution >= 4 is 29.3 Å². The highest BCUT2D eigenvalue weighted by atomic mass is 35.5. The molecule has 18 heavy (non-hydrogen) atoms. The van der Waals surface area contributed by atoms with E-state index in [1.807, 2.05) is 6.26 Å². The summed E-state index contributed by atoms with van der Waals surface area (Å²) in [6, 6.07) is 0. The van der Waals surface area contributed by atoms with E-state index < -0.39 is 5.60 Å². The van der Waals surface area contributed by atoms with E-state index in [2.05, 4.69) is 9.97 Å².